The lowest BCUT2D eigenvalue weighted by Crippen LogP contribution is -2.41. The van der Waals surface area contributed by atoms with E-state index in [1.807, 2.05) is 0 Å². The van der Waals surface area contributed by atoms with Gasteiger partial charge in [-0.15, -0.1) is 11.6 Å². The molecule has 0 spiro atoms. The van der Waals surface area contributed by atoms with Gasteiger partial charge in [0.25, 0.3) is 0 Å². The second kappa shape index (κ2) is 7.44. The van der Waals surface area contributed by atoms with Crippen LogP contribution in [0.3, 0.4) is 0 Å². The Morgan fingerprint density at radius 1 is 1.24 bits per heavy atom. The zero-order valence-electron chi connectivity index (χ0n) is 9.73. The monoisotopic (exact) mass is 273 g/mol. The molecular formula is C11H19ClF3NO. The van der Waals surface area contributed by atoms with Gasteiger partial charge in [-0.1, -0.05) is 12.8 Å². The number of ether oxygens (including phenoxy) is 1. The largest absolute Gasteiger partial charge is 0.411 e. The predicted octanol–water partition coefficient (Wildman–Crippen LogP) is 2.95. The first kappa shape index (κ1) is 15.1. The van der Waals surface area contributed by atoms with Crippen molar-refractivity contribution in [1.29, 1.82) is 0 Å². The van der Waals surface area contributed by atoms with Crippen molar-refractivity contribution in [3.8, 4) is 0 Å². The van der Waals surface area contributed by atoms with E-state index in [1.54, 1.807) is 0 Å². The summed E-state index contributed by atoms with van der Waals surface area (Å²) in [6, 6.07) is 0.329. The number of nitrogens with one attached hydrogen (secondary N) is 1. The van der Waals surface area contributed by atoms with Crippen LogP contribution in [0.2, 0.25) is 0 Å². The molecule has 0 amide bonds. The number of alkyl halides is 4. The van der Waals surface area contributed by atoms with Crippen molar-refractivity contribution >= 4 is 11.6 Å². The van der Waals surface area contributed by atoms with Crippen LogP contribution in [0.1, 0.15) is 25.7 Å². The second-order valence-electron chi connectivity index (χ2n) is 4.43. The Labute approximate surface area is 105 Å². The first-order valence-corrected chi connectivity index (χ1v) is 6.50. The van der Waals surface area contributed by atoms with Crippen LogP contribution in [-0.2, 0) is 4.74 Å². The van der Waals surface area contributed by atoms with Crippen LogP contribution in [0.15, 0.2) is 0 Å². The zero-order chi connectivity index (χ0) is 12.7. The molecule has 0 bridgehead atoms. The van der Waals surface area contributed by atoms with Gasteiger partial charge in [-0.05, 0) is 18.8 Å². The fraction of sp³-hybridized carbons (Fsp3) is 1.00. The van der Waals surface area contributed by atoms with E-state index < -0.39 is 12.8 Å². The number of rotatable bonds is 6. The van der Waals surface area contributed by atoms with Crippen LogP contribution >= 0.6 is 11.6 Å². The SMILES string of the molecule is FC(F)(F)COCCNC1CCCCC1CCl. The fourth-order valence-corrected chi connectivity index (χ4v) is 2.53. The minimum absolute atomic E-state index is 0.0883. The molecule has 1 rings (SSSR count). The molecule has 0 aromatic rings. The summed E-state index contributed by atoms with van der Waals surface area (Å²) in [6.07, 6.45) is 0.277. The van der Waals surface area contributed by atoms with Gasteiger partial charge < -0.3 is 10.1 Å². The van der Waals surface area contributed by atoms with Crippen molar-refractivity contribution in [3.63, 3.8) is 0 Å². The summed E-state index contributed by atoms with van der Waals surface area (Å²) in [5.74, 6) is 1.05. The molecule has 6 heteroatoms. The van der Waals surface area contributed by atoms with E-state index in [4.69, 9.17) is 11.6 Å². The van der Waals surface area contributed by atoms with Crippen LogP contribution in [0, 0.1) is 5.92 Å². The average molecular weight is 274 g/mol. The summed E-state index contributed by atoms with van der Waals surface area (Å²) >= 11 is 5.85. The maximum Gasteiger partial charge on any atom is 0.411 e. The Kier molecular flexibility index (Phi) is 6.59. The van der Waals surface area contributed by atoms with E-state index in [0.717, 1.165) is 19.3 Å². The highest BCUT2D eigenvalue weighted by molar-refractivity contribution is 6.18. The second-order valence-corrected chi connectivity index (χ2v) is 4.74. The van der Waals surface area contributed by atoms with E-state index >= 15 is 0 Å². The van der Waals surface area contributed by atoms with Gasteiger partial charge >= 0.3 is 6.18 Å². The molecule has 102 valence electrons. The van der Waals surface area contributed by atoms with Gasteiger partial charge in [0.1, 0.15) is 6.61 Å². The molecule has 0 aromatic heterocycles. The van der Waals surface area contributed by atoms with Crippen LogP contribution in [-0.4, -0.2) is 37.9 Å². The molecule has 0 heterocycles. The van der Waals surface area contributed by atoms with Crippen molar-refractivity contribution in [1.82, 2.24) is 5.32 Å². The van der Waals surface area contributed by atoms with E-state index in [-0.39, 0.29) is 6.61 Å². The van der Waals surface area contributed by atoms with Crippen LogP contribution in [0.4, 0.5) is 13.2 Å². The standard InChI is InChI=1S/C11H19ClF3NO/c12-7-9-3-1-2-4-10(9)16-5-6-17-8-11(13,14)15/h9-10,16H,1-8H2. The highest BCUT2D eigenvalue weighted by atomic mass is 35.5. The Balaban J connectivity index is 2.08. The van der Waals surface area contributed by atoms with Gasteiger partial charge in [0.2, 0.25) is 0 Å². The minimum Gasteiger partial charge on any atom is -0.371 e. The molecule has 1 aliphatic carbocycles. The molecule has 0 aromatic carbocycles. The van der Waals surface area contributed by atoms with Gasteiger partial charge in [0.15, 0.2) is 0 Å². The molecule has 1 saturated carbocycles. The Bertz CT molecular complexity index is 213. The first-order valence-electron chi connectivity index (χ1n) is 5.97. The molecular weight excluding hydrogens is 255 g/mol. The first-order chi connectivity index (χ1) is 8.03. The topological polar surface area (TPSA) is 21.3 Å². The maximum absolute atomic E-state index is 11.8. The highest BCUT2D eigenvalue weighted by Crippen LogP contribution is 2.25. The van der Waals surface area contributed by atoms with Gasteiger partial charge in [0, 0.05) is 18.5 Å². The molecule has 2 nitrogen and oxygen atoms in total. The third kappa shape index (κ3) is 6.48. The molecule has 0 radical (unpaired) electrons. The molecule has 2 unspecified atom stereocenters. The molecule has 0 saturated heterocycles. The lowest BCUT2D eigenvalue weighted by atomic mass is 9.86. The third-order valence-corrected chi connectivity index (χ3v) is 3.42. The Morgan fingerprint density at radius 3 is 2.59 bits per heavy atom. The van der Waals surface area contributed by atoms with Crippen molar-refractivity contribution < 1.29 is 17.9 Å². The average Bonchev–Trinajstić information content (AvgIpc) is 2.27. The van der Waals surface area contributed by atoms with Gasteiger partial charge in [-0.2, -0.15) is 13.2 Å². The van der Waals surface area contributed by atoms with Gasteiger partial charge in [0.05, 0.1) is 6.61 Å². The number of halogens is 4. The van der Waals surface area contributed by atoms with Crippen LogP contribution in [0.25, 0.3) is 0 Å². The lowest BCUT2D eigenvalue weighted by Gasteiger charge is -2.31. The maximum atomic E-state index is 11.8. The third-order valence-electron chi connectivity index (χ3n) is 3.03. The normalized spacial score (nSPS) is 26.1. The molecule has 1 aliphatic rings. The highest BCUT2D eigenvalue weighted by Gasteiger charge is 2.27. The van der Waals surface area contributed by atoms with Gasteiger partial charge in [-0.25, -0.2) is 0 Å². The zero-order valence-corrected chi connectivity index (χ0v) is 10.5. The fourth-order valence-electron chi connectivity index (χ4n) is 2.17. The molecule has 0 aliphatic heterocycles. The number of hydrogen-bond acceptors (Lipinski definition) is 2. The molecule has 1 fully saturated rings. The summed E-state index contributed by atoms with van der Waals surface area (Å²) in [7, 11) is 0. The number of hydrogen-bond donors (Lipinski definition) is 1. The Hall–Kier alpha value is 0. The molecule has 2 atom stereocenters. The van der Waals surface area contributed by atoms with E-state index in [0.29, 0.717) is 24.4 Å². The molecule has 17 heavy (non-hydrogen) atoms. The summed E-state index contributed by atoms with van der Waals surface area (Å²) in [5, 5.41) is 3.23. The summed E-state index contributed by atoms with van der Waals surface area (Å²) in [5.41, 5.74) is 0. The van der Waals surface area contributed by atoms with Crippen molar-refractivity contribution in [3.05, 3.63) is 0 Å². The van der Waals surface area contributed by atoms with Gasteiger partial charge in [-0.3, -0.25) is 0 Å². The van der Waals surface area contributed by atoms with Crippen LogP contribution in [0.5, 0.6) is 0 Å². The summed E-state index contributed by atoms with van der Waals surface area (Å²) in [4.78, 5) is 0. The quantitative estimate of drug-likeness (QED) is 0.593. The van der Waals surface area contributed by atoms with E-state index in [9.17, 15) is 13.2 Å². The van der Waals surface area contributed by atoms with Crippen molar-refractivity contribution in [2.45, 2.75) is 37.9 Å². The van der Waals surface area contributed by atoms with Crippen molar-refractivity contribution in [2.24, 2.45) is 5.92 Å². The Morgan fingerprint density at radius 2 is 1.94 bits per heavy atom. The van der Waals surface area contributed by atoms with Crippen LogP contribution < -0.4 is 5.32 Å². The smallest absolute Gasteiger partial charge is 0.371 e. The summed E-state index contributed by atoms with van der Waals surface area (Å²) in [6.45, 7) is -0.628. The van der Waals surface area contributed by atoms with Crippen molar-refractivity contribution in [2.75, 3.05) is 25.6 Å². The van der Waals surface area contributed by atoms with E-state index in [2.05, 4.69) is 10.1 Å². The predicted molar refractivity (Wildman–Crippen MR) is 61.3 cm³/mol. The molecule has 1 N–H and O–H groups in total. The lowest BCUT2D eigenvalue weighted by molar-refractivity contribution is -0.173. The summed E-state index contributed by atoms with van der Waals surface area (Å²) < 4.78 is 39.9. The van der Waals surface area contributed by atoms with E-state index in [1.165, 1.54) is 6.42 Å². The minimum atomic E-state index is -4.23.